The predicted octanol–water partition coefficient (Wildman–Crippen LogP) is 3.31. The molecular formula is C25H27FN4O2. The van der Waals surface area contributed by atoms with Crippen LogP contribution in [-0.4, -0.2) is 44.9 Å². The van der Waals surface area contributed by atoms with E-state index in [1.165, 1.54) is 6.07 Å². The van der Waals surface area contributed by atoms with Crippen LogP contribution in [0.3, 0.4) is 0 Å². The number of imidazole rings is 1. The van der Waals surface area contributed by atoms with E-state index in [0.717, 1.165) is 29.7 Å². The number of piperidine rings is 1. The number of likely N-dealkylation sites (tertiary alicyclic amines) is 1. The zero-order valence-corrected chi connectivity index (χ0v) is 18.2. The monoisotopic (exact) mass is 434 g/mol. The molecule has 2 amide bonds. The smallest absolute Gasteiger partial charge is 0.223 e. The molecule has 2 atom stereocenters. The number of carbonyl (C=O) groups is 2. The lowest BCUT2D eigenvalue weighted by Gasteiger charge is -2.39. The van der Waals surface area contributed by atoms with Crippen molar-refractivity contribution in [3.05, 3.63) is 65.7 Å². The topological polar surface area (TPSA) is 67.2 Å². The van der Waals surface area contributed by atoms with Gasteiger partial charge in [-0.1, -0.05) is 30.3 Å². The number of aromatic nitrogens is 2. The van der Waals surface area contributed by atoms with Crippen LogP contribution in [-0.2, 0) is 23.1 Å². The number of benzene rings is 2. The molecule has 166 valence electrons. The minimum atomic E-state index is -0.606. The largest absolute Gasteiger partial charge is 0.348 e. The maximum Gasteiger partial charge on any atom is 0.223 e. The van der Waals surface area contributed by atoms with Crippen molar-refractivity contribution in [2.24, 2.45) is 7.05 Å². The molecule has 1 aromatic heterocycles. The minimum Gasteiger partial charge on any atom is -0.348 e. The fourth-order valence-electron chi connectivity index (χ4n) is 5.40. The number of amides is 2. The third-order valence-corrected chi connectivity index (χ3v) is 7.03. The van der Waals surface area contributed by atoms with Crippen molar-refractivity contribution in [1.29, 1.82) is 0 Å². The molecule has 0 unspecified atom stereocenters. The highest BCUT2D eigenvalue weighted by Crippen LogP contribution is 2.42. The number of halogens is 1. The van der Waals surface area contributed by atoms with Crippen LogP contribution >= 0.6 is 0 Å². The van der Waals surface area contributed by atoms with Crippen LogP contribution < -0.4 is 5.32 Å². The van der Waals surface area contributed by atoms with E-state index in [2.05, 4.69) is 10.3 Å². The summed E-state index contributed by atoms with van der Waals surface area (Å²) < 4.78 is 16.7. The zero-order valence-electron chi connectivity index (χ0n) is 18.2. The fraction of sp³-hybridized carbons (Fsp3) is 0.400. The molecule has 0 bridgehead atoms. The molecule has 0 radical (unpaired) electrons. The second kappa shape index (κ2) is 8.04. The van der Waals surface area contributed by atoms with Crippen LogP contribution in [0.1, 0.15) is 43.0 Å². The highest BCUT2D eigenvalue weighted by Gasteiger charge is 2.51. The number of para-hydroxylation sites is 2. The minimum absolute atomic E-state index is 0.00935. The standard InChI is InChI=1S/C25H27FN4O2/c1-29-21-10-5-4-9-20(21)27-22(29)12-13-24(32)30-15-18(17-7-2-3-8-19(17)26)25(16-30)14-6-11-23(31)28-25/h2-5,7-10,18H,6,11-16H2,1H3,(H,28,31)/t18-,25+/m0/s1. The number of hydrogen-bond acceptors (Lipinski definition) is 3. The third-order valence-electron chi connectivity index (χ3n) is 7.03. The van der Waals surface area contributed by atoms with Gasteiger partial charge >= 0.3 is 0 Å². The van der Waals surface area contributed by atoms with Crippen LogP contribution in [0.15, 0.2) is 48.5 Å². The Morgan fingerprint density at radius 3 is 2.78 bits per heavy atom. The van der Waals surface area contributed by atoms with Gasteiger partial charge in [0.1, 0.15) is 11.6 Å². The Balaban J connectivity index is 1.36. The van der Waals surface area contributed by atoms with Crippen molar-refractivity contribution in [1.82, 2.24) is 19.8 Å². The fourth-order valence-corrected chi connectivity index (χ4v) is 5.40. The molecule has 7 heteroatoms. The molecule has 0 saturated carbocycles. The Morgan fingerprint density at radius 1 is 1.22 bits per heavy atom. The molecule has 2 saturated heterocycles. The lowest BCUT2D eigenvalue weighted by Crippen LogP contribution is -2.56. The summed E-state index contributed by atoms with van der Waals surface area (Å²) >= 11 is 0. The number of rotatable bonds is 4. The van der Waals surface area contributed by atoms with Crippen molar-refractivity contribution in [3.63, 3.8) is 0 Å². The SMILES string of the molecule is Cn1c(CCC(=O)N2C[C@@H](c3ccccc3F)[C@@]3(CCCC(=O)N3)C2)nc2ccccc21. The maximum absolute atomic E-state index is 14.7. The van der Waals surface area contributed by atoms with E-state index in [1.54, 1.807) is 17.0 Å². The first-order valence-electron chi connectivity index (χ1n) is 11.2. The Morgan fingerprint density at radius 2 is 2.00 bits per heavy atom. The molecule has 6 nitrogen and oxygen atoms in total. The van der Waals surface area contributed by atoms with Crippen LogP contribution in [0.2, 0.25) is 0 Å². The van der Waals surface area contributed by atoms with E-state index < -0.39 is 5.54 Å². The average Bonchev–Trinajstić information content (AvgIpc) is 3.30. The van der Waals surface area contributed by atoms with Crippen molar-refractivity contribution in [3.8, 4) is 0 Å². The third kappa shape index (κ3) is 3.55. The van der Waals surface area contributed by atoms with Crippen molar-refractivity contribution >= 4 is 22.8 Å². The Labute approximate surface area is 186 Å². The van der Waals surface area contributed by atoms with Gasteiger partial charge in [0.2, 0.25) is 11.8 Å². The van der Waals surface area contributed by atoms with E-state index in [0.29, 0.717) is 37.9 Å². The van der Waals surface area contributed by atoms with Gasteiger partial charge in [-0.3, -0.25) is 9.59 Å². The molecule has 1 N–H and O–H groups in total. The van der Waals surface area contributed by atoms with Gasteiger partial charge in [-0.2, -0.15) is 0 Å². The molecule has 2 fully saturated rings. The molecule has 3 aromatic rings. The van der Waals surface area contributed by atoms with Gasteiger partial charge in [-0.25, -0.2) is 9.37 Å². The number of fused-ring (bicyclic) bond motifs is 1. The van der Waals surface area contributed by atoms with Crippen LogP contribution in [0, 0.1) is 5.82 Å². The highest BCUT2D eigenvalue weighted by molar-refractivity contribution is 5.80. The van der Waals surface area contributed by atoms with Crippen LogP contribution in [0.25, 0.3) is 11.0 Å². The summed E-state index contributed by atoms with van der Waals surface area (Å²) in [6.45, 7) is 0.821. The summed E-state index contributed by atoms with van der Waals surface area (Å²) in [4.78, 5) is 31.9. The number of carbonyl (C=O) groups excluding carboxylic acids is 2. The van der Waals surface area contributed by atoms with Gasteiger partial charge in [-0.05, 0) is 36.6 Å². The molecule has 2 aliphatic heterocycles. The first-order valence-corrected chi connectivity index (χ1v) is 11.2. The van der Waals surface area contributed by atoms with Gasteiger partial charge in [0, 0.05) is 45.3 Å². The Bertz CT molecular complexity index is 1190. The summed E-state index contributed by atoms with van der Waals surface area (Å²) in [7, 11) is 1.96. The van der Waals surface area contributed by atoms with Gasteiger partial charge in [0.05, 0.1) is 16.6 Å². The maximum atomic E-state index is 14.7. The lowest BCUT2D eigenvalue weighted by molar-refractivity contribution is -0.131. The molecule has 2 aromatic carbocycles. The van der Waals surface area contributed by atoms with Gasteiger partial charge in [0.25, 0.3) is 0 Å². The van der Waals surface area contributed by atoms with Crippen LogP contribution in [0.4, 0.5) is 4.39 Å². The Hall–Kier alpha value is -3.22. The van der Waals surface area contributed by atoms with E-state index in [4.69, 9.17) is 0 Å². The molecular weight excluding hydrogens is 407 g/mol. The number of aryl methyl sites for hydroxylation is 2. The summed E-state index contributed by atoms with van der Waals surface area (Å²) in [5.74, 6) is 0.310. The van der Waals surface area contributed by atoms with Gasteiger partial charge < -0.3 is 14.8 Å². The normalized spacial score (nSPS) is 23.1. The molecule has 32 heavy (non-hydrogen) atoms. The molecule has 5 rings (SSSR count). The summed E-state index contributed by atoms with van der Waals surface area (Å²) in [6, 6.07) is 14.6. The van der Waals surface area contributed by atoms with Crippen molar-refractivity contribution < 1.29 is 14.0 Å². The first kappa shape index (κ1) is 20.7. The quantitative estimate of drug-likeness (QED) is 0.685. The van der Waals surface area contributed by atoms with E-state index >= 15 is 0 Å². The zero-order chi connectivity index (χ0) is 22.3. The van der Waals surface area contributed by atoms with Crippen molar-refractivity contribution in [2.45, 2.75) is 43.6 Å². The summed E-state index contributed by atoms with van der Waals surface area (Å²) in [5, 5.41) is 3.14. The number of nitrogens with one attached hydrogen (secondary N) is 1. The molecule has 2 aliphatic rings. The Kier molecular flexibility index (Phi) is 5.19. The van der Waals surface area contributed by atoms with Gasteiger partial charge in [0.15, 0.2) is 0 Å². The highest BCUT2D eigenvalue weighted by atomic mass is 19.1. The van der Waals surface area contributed by atoms with E-state index in [-0.39, 0.29) is 23.5 Å². The second-order valence-corrected chi connectivity index (χ2v) is 8.98. The lowest BCUT2D eigenvalue weighted by atomic mass is 9.76. The predicted molar refractivity (Wildman–Crippen MR) is 119 cm³/mol. The number of hydrogen-bond donors (Lipinski definition) is 1. The van der Waals surface area contributed by atoms with Gasteiger partial charge in [-0.15, -0.1) is 0 Å². The summed E-state index contributed by atoms with van der Waals surface area (Å²) in [5.41, 5.74) is 1.92. The average molecular weight is 435 g/mol. The summed E-state index contributed by atoms with van der Waals surface area (Å²) in [6.07, 6.45) is 2.83. The van der Waals surface area contributed by atoms with E-state index in [9.17, 15) is 14.0 Å². The molecule has 3 heterocycles. The van der Waals surface area contributed by atoms with Crippen LogP contribution in [0.5, 0.6) is 0 Å². The van der Waals surface area contributed by atoms with Crippen molar-refractivity contribution in [2.75, 3.05) is 13.1 Å². The second-order valence-electron chi connectivity index (χ2n) is 8.98. The van der Waals surface area contributed by atoms with E-state index in [1.807, 2.05) is 41.9 Å². The molecule has 1 spiro atoms. The first-order chi connectivity index (χ1) is 15.5. The molecule has 0 aliphatic carbocycles. The number of nitrogens with zero attached hydrogens (tertiary/aromatic N) is 3.